The summed E-state index contributed by atoms with van der Waals surface area (Å²) in [7, 11) is 0. The van der Waals surface area contributed by atoms with Crippen molar-refractivity contribution >= 4 is 76.0 Å². The first-order valence-corrected chi connectivity index (χ1v) is 9.65. The molecule has 29 heavy (non-hydrogen) atoms. The van der Waals surface area contributed by atoms with E-state index in [4.69, 9.17) is 8.83 Å². The Morgan fingerprint density at radius 1 is 0.724 bits per heavy atom. The molecule has 9 heteroatoms. The van der Waals surface area contributed by atoms with Gasteiger partial charge < -0.3 is 8.83 Å². The molecular weight excluding hydrogens is 392 g/mol. The Balaban J connectivity index is 1.80. The van der Waals surface area contributed by atoms with E-state index in [1.807, 2.05) is 0 Å². The number of furan rings is 2. The van der Waals surface area contributed by atoms with Crippen LogP contribution in [0.1, 0.15) is 0 Å². The number of imidazole rings is 2. The molecule has 0 aliphatic heterocycles. The number of pyridine rings is 2. The smallest absolute Gasteiger partial charge is 0.264 e. The molecule has 0 spiro atoms. The first-order valence-electron chi connectivity index (χ1n) is 8.84. The summed E-state index contributed by atoms with van der Waals surface area (Å²) in [4.78, 5) is 35.7. The fourth-order valence-corrected chi connectivity index (χ4v) is 5.81. The lowest BCUT2D eigenvalue weighted by molar-refractivity contribution is 0.605. The molecule has 8 aromatic rings. The summed E-state index contributed by atoms with van der Waals surface area (Å²) < 4.78 is 15.7. The van der Waals surface area contributed by atoms with Gasteiger partial charge in [0, 0.05) is 33.7 Å². The van der Waals surface area contributed by atoms with Crippen LogP contribution in [0.15, 0.2) is 55.2 Å². The number of aromatic nitrogens is 4. The average Bonchev–Trinajstić information content (AvgIpc) is 3.48. The van der Waals surface area contributed by atoms with Gasteiger partial charge in [-0.15, -0.1) is 11.3 Å². The standard InChI is InChI=1S/C20H6N4O4S/c25-19-7-1-2-8-12-11(7)13(15-21-17-9(23(15)19)3-5-27-17)29-14(12)16-22-18-10(4-6-28-18)24(16)20(8)26/h1-6H. The highest BCUT2D eigenvalue weighted by Crippen LogP contribution is 2.42. The van der Waals surface area contributed by atoms with Crippen LogP contribution in [0.5, 0.6) is 0 Å². The summed E-state index contributed by atoms with van der Waals surface area (Å²) in [5.74, 6) is 0. The Kier molecular flexibility index (Phi) is 2.04. The highest BCUT2D eigenvalue weighted by Gasteiger charge is 2.25. The molecule has 8 rings (SSSR count). The lowest BCUT2D eigenvalue weighted by Crippen LogP contribution is -2.14. The van der Waals surface area contributed by atoms with E-state index in [-0.39, 0.29) is 11.1 Å². The third kappa shape index (κ3) is 1.35. The number of benzene rings is 1. The Morgan fingerprint density at radius 3 is 1.69 bits per heavy atom. The lowest BCUT2D eigenvalue weighted by atomic mass is 10.0. The van der Waals surface area contributed by atoms with Gasteiger partial charge in [0.15, 0.2) is 11.3 Å². The summed E-state index contributed by atoms with van der Waals surface area (Å²) in [5, 5.41) is 2.61. The molecule has 0 radical (unpaired) electrons. The normalized spacial score (nSPS) is 13.1. The van der Waals surface area contributed by atoms with Crippen LogP contribution in [0.25, 0.3) is 64.7 Å². The average molecular weight is 398 g/mol. The molecule has 0 saturated heterocycles. The number of thiophene rings is 1. The summed E-state index contributed by atoms with van der Waals surface area (Å²) in [6.45, 7) is 0. The van der Waals surface area contributed by atoms with Crippen molar-refractivity contribution in [3.8, 4) is 0 Å². The third-order valence-electron chi connectivity index (χ3n) is 5.71. The van der Waals surface area contributed by atoms with Crippen LogP contribution in [0, 0.1) is 0 Å². The van der Waals surface area contributed by atoms with Gasteiger partial charge in [-0.1, -0.05) is 0 Å². The van der Waals surface area contributed by atoms with Crippen molar-refractivity contribution in [3.05, 3.63) is 57.5 Å². The van der Waals surface area contributed by atoms with Gasteiger partial charge in [0.1, 0.15) is 11.0 Å². The van der Waals surface area contributed by atoms with Gasteiger partial charge in [0.05, 0.1) is 21.9 Å². The molecule has 7 heterocycles. The van der Waals surface area contributed by atoms with Crippen molar-refractivity contribution in [1.29, 1.82) is 0 Å². The van der Waals surface area contributed by atoms with E-state index in [1.54, 1.807) is 33.1 Å². The van der Waals surface area contributed by atoms with E-state index in [9.17, 15) is 9.59 Å². The highest BCUT2D eigenvalue weighted by molar-refractivity contribution is 7.27. The molecule has 0 saturated carbocycles. The third-order valence-corrected chi connectivity index (χ3v) is 6.89. The van der Waals surface area contributed by atoms with Crippen LogP contribution < -0.4 is 11.1 Å². The molecule has 0 atom stereocenters. The lowest BCUT2D eigenvalue weighted by Gasteiger charge is -2.03. The molecule has 0 amide bonds. The van der Waals surface area contributed by atoms with Crippen LogP contribution in [-0.2, 0) is 0 Å². The molecule has 0 bridgehead atoms. The van der Waals surface area contributed by atoms with Crippen molar-refractivity contribution in [1.82, 2.24) is 18.8 Å². The maximum Gasteiger partial charge on any atom is 0.264 e. The van der Waals surface area contributed by atoms with E-state index >= 15 is 0 Å². The first kappa shape index (κ1) is 14.1. The van der Waals surface area contributed by atoms with Gasteiger partial charge in [0.25, 0.3) is 11.1 Å². The minimum atomic E-state index is -0.178. The second-order valence-electron chi connectivity index (χ2n) is 7.04. The molecule has 1 aromatic carbocycles. The Morgan fingerprint density at radius 2 is 1.21 bits per heavy atom. The molecule has 8 nitrogen and oxygen atoms in total. The Hall–Kier alpha value is -3.98. The van der Waals surface area contributed by atoms with E-state index in [1.165, 1.54) is 23.9 Å². The minimum Gasteiger partial charge on any atom is -0.445 e. The van der Waals surface area contributed by atoms with Crippen LogP contribution in [-0.4, -0.2) is 18.8 Å². The first-order chi connectivity index (χ1) is 14.2. The number of hydrogen-bond donors (Lipinski definition) is 0. The van der Waals surface area contributed by atoms with Gasteiger partial charge in [-0.05, 0) is 12.1 Å². The predicted octanol–water partition coefficient (Wildman–Crippen LogP) is 3.59. The molecule has 0 N–H and O–H groups in total. The van der Waals surface area contributed by atoms with Crippen LogP contribution in [0.4, 0.5) is 0 Å². The summed E-state index contributed by atoms with van der Waals surface area (Å²) in [6.07, 6.45) is 3.04. The minimum absolute atomic E-state index is 0.178. The van der Waals surface area contributed by atoms with Crippen LogP contribution >= 0.6 is 11.3 Å². The fourth-order valence-electron chi connectivity index (χ4n) is 4.52. The van der Waals surface area contributed by atoms with Crippen LogP contribution in [0.3, 0.4) is 0 Å². The van der Waals surface area contributed by atoms with Crippen molar-refractivity contribution < 1.29 is 8.83 Å². The summed E-state index contributed by atoms with van der Waals surface area (Å²) >= 11 is 1.48. The predicted molar refractivity (Wildman–Crippen MR) is 109 cm³/mol. The molecule has 7 aromatic heterocycles. The van der Waals surface area contributed by atoms with Crippen molar-refractivity contribution in [3.63, 3.8) is 0 Å². The SMILES string of the molecule is O=c1c2ccc3c(=O)n4c5ccoc5nc4c4sc(c2c34)c2nc3occc3n12. The number of rotatable bonds is 0. The van der Waals surface area contributed by atoms with E-state index in [0.29, 0.717) is 44.5 Å². The molecule has 0 unspecified atom stereocenters. The second-order valence-corrected chi connectivity index (χ2v) is 8.07. The fraction of sp³-hybridized carbons (Fsp3) is 0. The summed E-state index contributed by atoms with van der Waals surface area (Å²) in [5.41, 5.74) is 2.80. The second kappa shape index (κ2) is 4.20. The largest absolute Gasteiger partial charge is 0.445 e. The number of fused-ring (bicyclic) bond motifs is 8. The van der Waals surface area contributed by atoms with Crippen molar-refractivity contribution in [2.45, 2.75) is 0 Å². The van der Waals surface area contributed by atoms with Crippen LogP contribution in [0.2, 0.25) is 0 Å². The van der Waals surface area contributed by atoms with Crippen molar-refractivity contribution in [2.24, 2.45) is 0 Å². The molecule has 0 aliphatic rings. The van der Waals surface area contributed by atoms with E-state index < -0.39 is 0 Å². The van der Waals surface area contributed by atoms with Gasteiger partial charge in [-0.3, -0.25) is 18.4 Å². The Bertz CT molecular complexity index is 1920. The number of hydrogen-bond acceptors (Lipinski definition) is 7. The topological polar surface area (TPSA) is 95.0 Å². The van der Waals surface area contributed by atoms with E-state index in [2.05, 4.69) is 9.97 Å². The zero-order chi connectivity index (χ0) is 19.0. The van der Waals surface area contributed by atoms with Gasteiger partial charge in [0.2, 0.25) is 11.4 Å². The quantitative estimate of drug-likeness (QED) is 0.362. The monoisotopic (exact) mass is 398 g/mol. The van der Waals surface area contributed by atoms with Gasteiger partial charge >= 0.3 is 0 Å². The van der Waals surface area contributed by atoms with Gasteiger partial charge in [-0.25, -0.2) is 0 Å². The zero-order valence-electron chi connectivity index (χ0n) is 14.3. The van der Waals surface area contributed by atoms with Crippen molar-refractivity contribution in [2.75, 3.05) is 0 Å². The Labute approximate surface area is 161 Å². The summed E-state index contributed by atoms with van der Waals surface area (Å²) in [6, 6.07) is 6.91. The van der Waals surface area contributed by atoms with Gasteiger partial charge in [-0.2, -0.15) is 9.97 Å². The molecule has 0 fully saturated rings. The van der Waals surface area contributed by atoms with E-state index in [0.717, 1.165) is 20.2 Å². The zero-order valence-corrected chi connectivity index (χ0v) is 15.1. The maximum atomic E-state index is 13.3. The highest BCUT2D eigenvalue weighted by atomic mass is 32.1. The number of nitrogens with zero attached hydrogens (tertiary/aromatic N) is 4. The molecule has 0 aliphatic carbocycles. The molecule has 136 valence electrons. The maximum absolute atomic E-state index is 13.3. The molecular formula is C20H6N4O4S.